The highest BCUT2D eigenvalue weighted by Gasteiger charge is 2.17. The quantitative estimate of drug-likeness (QED) is 0.765. The Labute approximate surface area is 145 Å². The minimum Gasteiger partial charge on any atom is -0.381 e. The largest absolute Gasteiger partial charge is 0.381 e. The van der Waals surface area contributed by atoms with Crippen molar-refractivity contribution in [2.24, 2.45) is 5.92 Å². The number of fused-ring (bicyclic) bond motifs is 1. The molecule has 1 fully saturated rings. The van der Waals surface area contributed by atoms with E-state index in [0.717, 1.165) is 48.2 Å². The molecule has 0 aromatic carbocycles. The Bertz CT molecular complexity index is 870. The van der Waals surface area contributed by atoms with Gasteiger partial charge in [0.2, 0.25) is 5.91 Å². The summed E-state index contributed by atoms with van der Waals surface area (Å²) >= 11 is 0. The van der Waals surface area contributed by atoms with Crippen LogP contribution in [0.2, 0.25) is 0 Å². The van der Waals surface area contributed by atoms with Gasteiger partial charge in [0.25, 0.3) is 0 Å². The molecule has 1 aliphatic rings. The molecular formula is C19H20N4O2. The molecule has 4 heterocycles. The molecule has 25 heavy (non-hydrogen) atoms. The van der Waals surface area contributed by atoms with Crippen LogP contribution in [0.25, 0.3) is 22.2 Å². The maximum absolute atomic E-state index is 12.2. The van der Waals surface area contributed by atoms with Crippen molar-refractivity contribution >= 4 is 22.6 Å². The average molecular weight is 336 g/mol. The topological polar surface area (TPSA) is 79.9 Å². The van der Waals surface area contributed by atoms with E-state index in [1.54, 1.807) is 18.6 Å². The average Bonchev–Trinajstić information content (AvgIpc) is 3.06. The fourth-order valence-corrected chi connectivity index (χ4v) is 3.19. The lowest BCUT2D eigenvalue weighted by atomic mass is 9.96. The molecular weight excluding hydrogens is 316 g/mol. The molecule has 1 saturated heterocycles. The summed E-state index contributed by atoms with van der Waals surface area (Å²) in [4.78, 5) is 24.0. The van der Waals surface area contributed by atoms with Crippen LogP contribution >= 0.6 is 0 Å². The number of anilines is 1. The second-order valence-electron chi connectivity index (χ2n) is 6.38. The summed E-state index contributed by atoms with van der Waals surface area (Å²) in [5, 5.41) is 3.92. The fourth-order valence-electron chi connectivity index (χ4n) is 3.19. The third-order valence-corrected chi connectivity index (χ3v) is 4.58. The molecule has 3 aromatic heterocycles. The molecule has 4 rings (SSSR count). The number of amides is 1. The Morgan fingerprint density at radius 1 is 1.24 bits per heavy atom. The van der Waals surface area contributed by atoms with E-state index in [1.807, 2.05) is 24.3 Å². The zero-order valence-electron chi connectivity index (χ0n) is 13.9. The Kier molecular flexibility index (Phi) is 4.43. The number of ether oxygens (including phenoxy) is 1. The van der Waals surface area contributed by atoms with E-state index in [2.05, 4.69) is 20.3 Å². The summed E-state index contributed by atoms with van der Waals surface area (Å²) in [6.07, 6.45) is 7.73. The summed E-state index contributed by atoms with van der Waals surface area (Å²) in [6, 6.07) is 7.83. The number of aromatic nitrogens is 3. The van der Waals surface area contributed by atoms with E-state index in [1.165, 1.54) is 0 Å². The van der Waals surface area contributed by atoms with Gasteiger partial charge < -0.3 is 15.0 Å². The number of aromatic amines is 1. The predicted molar refractivity (Wildman–Crippen MR) is 96.1 cm³/mol. The predicted octanol–water partition coefficient (Wildman–Crippen LogP) is 3.38. The van der Waals surface area contributed by atoms with Crippen LogP contribution in [0.4, 0.5) is 5.82 Å². The maximum Gasteiger partial charge on any atom is 0.225 e. The van der Waals surface area contributed by atoms with Crippen LogP contribution in [0.5, 0.6) is 0 Å². The van der Waals surface area contributed by atoms with Crippen molar-refractivity contribution in [1.82, 2.24) is 15.0 Å². The summed E-state index contributed by atoms with van der Waals surface area (Å²) in [6.45, 7) is 1.50. The summed E-state index contributed by atoms with van der Waals surface area (Å²) in [7, 11) is 0. The monoisotopic (exact) mass is 336 g/mol. The standard InChI is InChI=1S/C19H20N4O2/c24-19(9-13-3-7-25-8-4-13)23-18-11-17-15(12-21-18)10-16(22-17)14-1-5-20-6-2-14/h1-2,5-6,10-13,22H,3-4,7-9H2,(H,21,23,24). The minimum absolute atomic E-state index is 0.0136. The minimum atomic E-state index is 0.0136. The zero-order valence-corrected chi connectivity index (χ0v) is 13.9. The van der Waals surface area contributed by atoms with Gasteiger partial charge in [-0.2, -0.15) is 0 Å². The van der Waals surface area contributed by atoms with E-state index in [9.17, 15) is 4.79 Å². The van der Waals surface area contributed by atoms with Crippen LogP contribution in [-0.2, 0) is 9.53 Å². The lowest BCUT2D eigenvalue weighted by molar-refractivity contribution is -0.117. The van der Waals surface area contributed by atoms with Gasteiger partial charge in [0, 0.05) is 60.9 Å². The number of hydrogen-bond acceptors (Lipinski definition) is 4. The molecule has 0 saturated carbocycles. The second-order valence-corrected chi connectivity index (χ2v) is 6.38. The first-order chi connectivity index (χ1) is 12.3. The van der Waals surface area contributed by atoms with E-state index in [0.29, 0.717) is 18.2 Å². The molecule has 3 aromatic rings. The number of nitrogens with zero attached hydrogens (tertiary/aromatic N) is 2. The van der Waals surface area contributed by atoms with Crippen molar-refractivity contribution in [3.8, 4) is 11.3 Å². The van der Waals surface area contributed by atoms with Crippen LogP contribution in [0.3, 0.4) is 0 Å². The molecule has 0 bridgehead atoms. The Hall–Kier alpha value is -2.73. The van der Waals surface area contributed by atoms with Crippen LogP contribution < -0.4 is 5.32 Å². The van der Waals surface area contributed by atoms with Crippen LogP contribution in [-0.4, -0.2) is 34.1 Å². The SMILES string of the molecule is O=C(CC1CCOCC1)Nc1cc2[nH]c(-c3ccncc3)cc2cn1. The molecule has 1 aliphatic heterocycles. The lowest BCUT2D eigenvalue weighted by Gasteiger charge is -2.21. The van der Waals surface area contributed by atoms with Crippen molar-refractivity contribution in [2.45, 2.75) is 19.3 Å². The first kappa shape index (κ1) is 15.8. The van der Waals surface area contributed by atoms with Gasteiger partial charge in [-0.3, -0.25) is 9.78 Å². The zero-order chi connectivity index (χ0) is 17.1. The van der Waals surface area contributed by atoms with Gasteiger partial charge in [0.1, 0.15) is 5.82 Å². The van der Waals surface area contributed by atoms with Gasteiger partial charge in [-0.05, 0) is 37.0 Å². The maximum atomic E-state index is 12.2. The van der Waals surface area contributed by atoms with Crippen LogP contribution in [0.15, 0.2) is 42.9 Å². The van der Waals surface area contributed by atoms with Crippen molar-refractivity contribution in [3.05, 3.63) is 42.9 Å². The third kappa shape index (κ3) is 3.69. The third-order valence-electron chi connectivity index (χ3n) is 4.58. The van der Waals surface area contributed by atoms with Gasteiger partial charge in [-0.1, -0.05) is 0 Å². The van der Waals surface area contributed by atoms with Crippen molar-refractivity contribution in [2.75, 3.05) is 18.5 Å². The number of hydrogen-bond donors (Lipinski definition) is 2. The molecule has 128 valence electrons. The molecule has 2 N–H and O–H groups in total. The van der Waals surface area contributed by atoms with Gasteiger partial charge in [-0.25, -0.2) is 4.98 Å². The molecule has 6 nitrogen and oxygen atoms in total. The van der Waals surface area contributed by atoms with Gasteiger partial charge in [0.05, 0.1) is 5.52 Å². The van der Waals surface area contributed by atoms with Crippen molar-refractivity contribution in [3.63, 3.8) is 0 Å². The molecule has 0 atom stereocenters. The number of carbonyl (C=O) groups excluding carboxylic acids is 1. The highest BCUT2D eigenvalue weighted by molar-refractivity contribution is 5.93. The number of H-pyrrole nitrogens is 1. The van der Waals surface area contributed by atoms with E-state index < -0.39 is 0 Å². The first-order valence-corrected chi connectivity index (χ1v) is 8.55. The Morgan fingerprint density at radius 2 is 2.04 bits per heavy atom. The van der Waals surface area contributed by atoms with Gasteiger partial charge in [0.15, 0.2) is 0 Å². The second kappa shape index (κ2) is 7.03. The lowest BCUT2D eigenvalue weighted by Crippen LogP contribution is -2.22. The summed E-state index contributed by atoms with van der Waals surface area (Å²) < 4.78 is 5.33. The smallest absolute Gasteiger partial charge is 0.225 e. The van der Waals surface area contributed by atoms with E-state index >= 15 is 0 Å². The number of rotatable bonds is 4. The van der Waals surface area contributed by atoms with E-state index in [-0.39, 0.29) is 5.91 Å². The molecule has 0 aliphatic carbocycles. The molecule has 0 unspecified atom stereocenters. The molecule has 0 radical (unpaired) electrons. The number of carbonyl (C=O) groups is 1. The highest BCUT2D eigenvalue weighted by Crippen LogP contribution is 2.25. The Morgan fingerprint density at radius 3 is 2.84 bits per heavy atom. The Balaban J connectivity index is 1.48. The first-order valence-electron chi connectivity index (χ1n) is 8.55. The van der Waals surface area contributed by atoms with Crippen LogP contribution in [0.1, 0.15) is 19.3 Å². The van der Waals surface area contributed by atoms with Gasteiger partial charge in [-0.15, -0.1) is 0 Å². The normalized spacial score (nSPS) is 15.4. The highest BCUT2D eigenvalue weighted by atomic mass is 16.5. The van der Waals surface area contributed by atoms with Crippen molar-refractivity contribution in [1.29, 1.82) is 0 Å². The van der Waals surface area contributed by atoms with Crippen LogP contribution in [0, 0.1) is 5.92 Å². The fraction of sp³-hybridized carbons (Fsp3) is 0.316. The summed E-state index contributed by atoms with van der Waals surface area (Å²) in [5.74, 6) is 0.994. The summed E-state index contributed by atoms with van der Waals surface area (Å²) in [5.41, 5.74) is 3.02. The molecule has 1 amide bonds. The molecule has 0 spiro atoms. The van der Waals surface area contributed by atoms with Crippen molar-refractivity contribution < 1.29 is 9.53 Å². The number of nitrogens with one attached hydrogen (secondary N) is 2. The van der Waals surface area contributed by atoms with E-state index in [4.69, 9.17) is 4.74 Å². The van der Waals surface area contributed by atoms with Gasteiger partial charge >= 0.3 is 0 Å². The number of pyridine rings is 2. The molecule has 6 heteroatoms.